The van der Waals surface area contributed by atoms with E-state index in [-0.39, 0.29) is 12.6 Å². The normalized spacial score (nSPS) is 27.9. The lowest BCUT2D eigenvalue weighted by atomic mass is 10.1. The number of nitrogens with zero attached hydrogens (tertiary/aromatic N) is 2. The molecule has 0 aliphatic carbocycles. The molecule has 0 aromatic heterocycles. The van der Waals surface area contributed by atoms with Crippen LogP contribution in [0.5, 0.6) is 0 Å². The van der Waals surface area contributed by atoms with Gasteiger partial charge in [-0.25, -0.2) is 0 Å². The van der Waals surface area contributed by atoms with Gasteiger partial charge in [0.2, 0.25) is 0 Å². The van der Waals surface area contributed by atoms with E-state index in [0.29, 0.717) is 6.04 Å². The fraction of sp³-hybridized carbons (Fsp3) is 1.00. The molecule has 1 heterocycles. The Hall–Kier alpha value is -0.160. The van der Waals surface area contributed by atoms with E-state index in [9.17, 15) is 0 Å². The zero-order chi connectivity index (χ0) is 10.6. The largest absolute Gasteiger partial charge is 0.395 e. The highest BCUT2D eigenvalue weighted by atomic mass is 16.3. The van der Waals surface area contributed by atoms with E-state index >= 15 is 0 Å². The van der Waals surface area contributed by atoms with Crippen molar-refractivity contribution in [1.82, 2.24) is 9.80 Å². The predicted molar refractivity (Wildman–Crippen MR) is 58.2 cm³/mol. The zero-order valence-corrected chi connectivity index (χ0v) is 9.32. The maximum absolute atomic E-state index is 8.87. The van der Waals surface area contributed by atoms with Crippen molar-refractivity contribution in [2.75, 3.05) is 39.3 Å². The second-order valence-electron chi connectivity index (χ2n) is 4.18. The highest BCUT2D eigenvalue weighted by Gasteiger charge is 2.22. The van der Waals surface area contributed by atoms with Crippen LogP contribution in [-0.4, -0.2) is 66.3 Å². The molecule has 3 N–H and O–H groups in total. The summed E-state index contributed by atoms with van der Waals surface area (Å²) in [6, 6.07) is 0.523. The van der Waals surface area contributed by atoms with Crippen LogP contribution in [0.4, 0.5) is 0 Å². The fourth-order valence-corrected chi connectivity index (χ4v) is 2.10. The van der Waals surface area contributed by atoms with E-state index in [1.807, 2.05) is 0 Å². The van der Waals surface area contributed by atoms with E-state index in [2.05, 4.69) is 23.6 Å². The van der Waals surface area contributed by atoms with Crippen LogP contribution < -0.4 is 5.73 Å². The molecular weight excluding hydrogens is 178 g/mol. The van der Waals surface area contributed by atoms with Crippen molar-refractivity contribution in [2.24, 2.45) is 5.73 Å². The van der Waals surface area contributed by atoms with E-state index in [1.165, 1.54) is 0 Å². The van der Waals surface area contributed by atoms with E-state index < -0.39 is 0 Å². The molecule has 0 bridgehead atoms. The topological polar surface area (TPSA) is 52.7 Å². The second-order valence-corrected chi connectivity index (χ2v) is 4.18. The summed E-state index contributed by atoms with van der Waals surface area (Å²) in [6.45, 7) is 9.75. The molecule has 4 nitrogen and oxygen atoms in total. The van der Waals surface area contributed by atoms with Crippen molar-refractivity contribution in [1.29, 1.82) is 0 Å². The molecule has 1 rings (SSSR count). The van der Waals surface area contributed by atoms with Crippen molar-refractivity contribution in [2.45, 2.75) is 25.9 Å². The summed E-state index contributed by atoms with van der Waals surface area (Å²) in [6.07, 6.45) is 0. The lowest BCUT2D eigenvalue weighted by Crippen LogP contribution is -2.54. The Kier molecular flexibility index (Phi) is 4.81. The van der Waals surface area contributed by atoms with Crippen molar-refractivity contribution < 1.29 is 5.11 Å². The summed E-state index contributed by atoms with van der Waals surface area (Å²) in [5, 5.41) is 8.87. The van der Waals surface area contributed by atoms with Crippen LogP contribution in [0.15, 0.2) is 0 Å². The minimum atomic E-state index is -0.0876. The number of aliphatic hydroxyl groups excluding tert-OH is 1. The van der Waals surface area contributed by atoms with Gasteiger partial charge in [-0.1, -0.05) is 6.92 Å². The van der Waals surface area contributed by atoms with Crippen LogP contribution in [0.3, 0.4) is 0 Å². The molecule has 0 radical (unpaired) electrons. The predicted octanol–water partition coefficient (Wildman–Crippen LogP) is -0.668. The molecule has 0 aromatic rings. The van der Waals surface area contributed by atoms with Crippen LogP contribution in [0.1, 0.15) is 13.8 Å². The first-order chi connectivity index (χ1) is 6.67. The van der Waals surface area contributed by atoms with Gasteiger partial charge in [-0.2, -0.15) is 0 Å². The molecule has 2 unspecified atom stereocenters. The third-order valence-electron chi connectivity index (χ3n) is 2.98. The molecule has 1 aliphatic heterocycles. The first-order valence-electron chi connectivity index (χ1n) is 5.50. The molecule has 0 aromatic carbocycles. The van der Waals surface area contributed by atoms with Gasteiger partial charge in [-0.05, 0) is 13.5 Å². The summed E-state index contributed by atoms with van der Waals surface area (Å²) in [5.41, 5.74) is 5.71. The van der Waals surface area contributed by atoms with Gasteiger partial charge in [0.05, 0.1) is 6.61 Å². The molecule has 14 heavy (non-hydrogen) atoms. The summed E-state index contributed by atoms with van der Waals surface area (Å²) < 4.78 is 0. The van der Waals surface area contributed by atoms with Crippen LogP contribution in [-0.2, 0) is 0 Å². The Morgan fingerprint density at radius 1 is 1.50 bits per heavy atom. The zero-order valence-electron chi connectivity index (χ0n) is 9.32. The van der Waals surface area contributed by atoms with Crippen LogP contribution in [0.25, 0.3) is 0 Å². The van der Waals surface area contributed by atoms with Gasteiger partial charge in [0.1, 0.15) is 0 Å². The quantitative estimate of drug-likeness (QED) is 0.633. The summed E-state index contributed by atoms with van der Waals surface area (Å²) in [4.78, 5) is 4.82. The molecule has 0 saturated carbocycles. The van der Waals surface area contributed by atoms with E-state index in [4.69, 9.17) is 10.8 Å². The number of hydrogen-bond donors (Lipinski definition) is 2. The highest BCUT2D eigenvalue weighted by molar-refractivity contribution is 4.80. The number of aliphatic hydroxyl groups is 1. The van der Waals surface area contributed by atoms with Crippen molar-refractivity contribution in [3.8, 4) is 0 Å². The molecule has 0 amide bonds. The Morgan fingerprint density at radius 2 is 2.21 bits per heavy atom. The third kappa shape index (κ3) is 3.20. The van der Waals surface area contributed by atoms with Gasteiger partial charge < -0.3 is 10.8 Å². The summed E-state index contributed by atoms with van der Waals surface area (Å²) in [5.74, 6) is 0. The number of nitrogens with two attached hydrogens (primary N) is 1. The molecule has 1 aliphatic rings. The number of rotatable bonds is 4. The maximum Gasteiger partial charge on any atom is 0.0595 e. The van der Waals surface area contributed by atoms with Gasteiger partial charge in [0.15, 0.2) is 0 Å². The number of hydrogen-bond acceptors (Lipinski definition) is 4. The molecule has 84 valence electrons. The van der Waals surface area contributed by atoms with Crippen molar-refractivity contribution in [3.05, 3.63) is 0 Å². The van der Waals surface area contributed by atoms with E-state index in [1.54, 1.807) is 0 Å². The van der Waals surface area contributed by atoms with Gasteiger partial charge in [-0.3, -0.25) is 9.80 Å². The van der Waals surface area contributed by atoms with Crippen molar-refractivity contribution in [3.63, 3.8) is 0 Å². The first kappa shape index (κ1) is 11.9. The minimum Gasteiger partial charge on any atom is -0.395 e. The maximum atomic E-state index is 8.87. The highest BCUT2D eigenvalue weighted by Crippen LogP contribution is 2.08. The second kappa shape index (κ2) is 5.66. The van der Waals surface area contributed by atoms with Gasteiger partial charge in [-0.15, -0.1) is 0 Å². The van der Waals surface area contributed by atoms with Crippen LogP contribution in [0, 0.1) is 0 Å². The Bertz CT molecular complexity index is 165. The van der Waals surface area contributed by atoms with Crippen molar-refractivity contribution >= 4 is 0 Å². The number of piperazine rings is 1. The molecule has 4 heteroatoms. The average molecular weight is 201 g/mol. The molecule has 1 saturated heterocycles. The Balaban J connectivity index is 2.31. The molecule has 1 fully saturated rings. The van der Waals surface area contributed by atoms with Gasteiger partial charge in [0, 0.05) is 38.3 Å². The third-order valence-corrected chi connectivity index (χ3v) is 2.98. The van der Waals surface area contributed by atoms with Crippen LogP contribution in [0.2, 0.25) is 0 Å². The van der Waals surface area contributed by atoms with Gasteiger partial charge >= 0.3 is 0 Å². The molecule has 0 spiro atoms. The standard InChI is InChI=1S/C10H23N3O/c1-3-13-5-4-12(6-9(13)2)7-10(11)8-14/h9-10,14H,3-8,11H2,1-2H3. The Morgan fingerprint density at radius 3 is 2.71 bits per heavy atom. The summed E-state index contributed by atoms with van der Waals surface area (Å²) in [7, 11) is 0. The average Bonchev–Trinajstić information content (AvgIpc) is 2.18. The first-order valence-corrected chi connectivity index (χ1v) is 5.50. The number of likely N-dealkylation sites (N-methyl/N-ethyl adjacent to an activating group) is 1. The minimum absolute atomic E-state index is 0.0857. The van der Waals surface area contributed by atoms with Gasteiger partial charge in [0.25, 0.3) is 0 Å². The molecular formula is C10H23N3O. The van der Waals surface area contributed by atoms with E-state index in [0.717, 1.165) is 32.7 Å². The van der Waals surface area contributed by atoms with Crippen LogP contribution >= 0.6 is 0 Å². The lowest BCUT2D eigenvalue weighted by Gasteiger charge is -2.40. The SMILES string of the molecule is CCN1CCN(CC(N)CO)CC1C. The molecule has 2 atom stereocenters. The summed E-state index contributed by atoms with van der Waals surface area (Å²) >= 11 is 0. The monoisotopic (exact) mass is 201 g/mol. The fourth-order valence-electron chi connectivity index (χ4n) is 2.10. The lowest BCUT2D eigenvalue weighted by molar-refractivity contribution is 0.0785. The Labute approximate surface area is 86.7 Å². The smallest absolute Gasteiger partial charge is 0.0595 e.